The van der Waals surface area contributed by atoms with E-state index in [1.807, 2.05) is 11.8 Å². The average Bonchev–Trinajstić information content (AvgIpc) is 2.53. The van der Waals surface area contributed by atoms with Crippen LogP contribution in [-0.2, 0) is 0 Å². The molecule has 0 spiro atoms. The van der Waals surface area contributed by atoms with Gasteiger partial charge in [0.1, 0.15) is 0 Å². The molecule has 1 amide bonds. The summed E-state index contributed by atoms with van der Waals surface area (Å²) in [5.41, 5.74) is 0.667. The Morgan fingerprint density at radius 1 is 1.36 bits per heavy atom. The maximum Gasteiger partial charge on any atom is 0.488 e. The molecule has 7 heteroatoms. The van der Waals surface area contributed by atoms with E-state index in [9.17, 15) is 14.8 Å². The maximum atomic E-state index is 12.3. The van der Waals surface area contributed by atoms with E-state index in [0.29, 0.717) is 17.6 Å². The normalized spacial score (nSPS) is 16.4. The van der Waals surface area contributed by atoms with Crippen molar-refractivity contribution in [2.45, 2.75) is 19.4 Å². The highest BCUT2D eigenvalue weighted by atomic mass is 32.2. The summed E-state index contributed by atoms with van der Waals surface area (Å²) in [6.45, 7) is 6.91. The molecule has 1 aromatic carbocycles. The van der Waals surface area contributed by atoms with Crippen molar-refractivity contribution in [2.75, 3.05) is 31.1 Å². The van der Waals surface area contributed by atoms with Gasteiger partial charge in [-0.1, -0.05) is 12.1 Å². The molecule has 1 fully saturated rings. The summed E-state index contributed by atoms with van der Waals surface area (Å²) in [6, 6.07) is 6.41. The molecule has 2 rings (SSSR count). The average molecular weight is 322 g/mol. The predicted molar refractivity (Wildman–Crippen MR) is 91.6 cm³/mol. The van der Waals surface area contributed by atoms with E-state index in [4.69, 9.17) is 0 Å². The number of amides is 1. The van der Waals surface area contributed by atoms with Gasteiger partial charge in [0.05, 0.1) is 0 Å². The van der Waals surface area contributed by atoms with E-state index >= 15 is 0 Å². The van der Waals surface area contributed by atoms with Crippen LogP contribution in [0.2, 0.25) is 0 Å². The zero-order chi connectivity index (χ0) is 16.2. The minimum Gasteiger partial charge on any atom is -0.423 e. The molecule has 5 nitrogen and oxygen atoms in total. The van der Waals surface area contributed by atoms with Gasteiger partial charge in [0, 0.05) is 42.2 Å². The number of rotatable bonds is 5. The highest BCUT2D eigenvalue weighted by Gasteiger charge is 2.28. The minimum absolute atomic E-state index is 0.0925. The second-order valence-electron chi connectivity index (χ2n) is 6.09. The Morgan fingerprint density at radius 2 is 2.05 bits per heavy atom. The lowest BCUT2D eigenvalue weighted by molar-refractivity contribution is 0.0885. The first kappa shape index (κ1) is 17.3. The lowest BCUT2D eigenvalue weighted by Gasteiger charge is -2.40. The van der Waals surface area contributed by atoms with Crippen LogP contribution in [0.25, 0.3) is 0 Å². The molecule has 3 N–H and O–H groups in total. The van der Waals surface area contributed by atoms with Crippen molar-refractivity contribution in [3.8, 4) is 0 Å². The Bertz CT molecular complexity index is 519. The number of carbonyl (C=O) groups is 1. The molecule has 0 bridgehead atoms. The lowest BCUT2D eigenvalue weighted by atomic mass is 9.79. The summed E-state index contributed by atoms with van der Waals surface area (Å²) in [6.07, 6.45) is 0. The van der Waals surface area contributed by atoms with Crippen molar-refractivity contribution in [3.05, 3.63) is 29.8 Å². The van der Waals surface area contributed by atoms with E-state index in [1.165, 1.54) is 6.07 Å². The zero-order valence-electron chi connectivity index (χ0n) is 13.1. The summed E-state index contributed by atoms with van der Waals surface area (Å²) in [5.74, 6) is 2.07. The Kier molecular flexibility index (Phi) is 5.91. The number of hydrogen-bond donors (Lipinski definition) is 3. The van der Waals surface area contributed by atoms with E-state index < -0.39 is 7.12 Å². The Morgan fingerprint density at radius 3 is 2.68 bits per heavy atom. The standard InChI is InChI=1S/C15H23BN2O3S/c1-15(2,18-6-8-22-9-7-18)11-17-14(19)12-4-3-5-13(10-12)16(20)21/h3-5,10,20-21H,6-9,11H2,1-2H3,(H,17,19). The van der Waals surface area contributed by atoms with Gasteiger partial charge in [-0.05, 0) is 31.4 Å². The summed E-state index contributed by atoms with van der Waals surface area (Å²) in [4.78, 5) is 14.7. The topological polar surface area (TPSA) is 72.8 Å². The van der Waals surface area contributed by atoms with Crippen molar-refractivity contribution in [3.63, 3.8) is 0 Å². The van der Waals surface area contributed by atoms with Gasteiger partial charge in [-0.25, -0.2) is 0 Å². The number of thioether (sulfide) groups is 1. The fraction of sp³-hybridized carbons (Fsp3) is 0.533. The quantitative estimate of drug-likeness (QED) is 0.662. The van der Waals surface area contributed by atoms with Crippen LogP contribution in [-0.4, -0.2) is 64.7 Å². The lowest BCUT2D eigenvalue weighted by Crippen LogP contribution is -2.54. The van der Waals surface area contributed by atoms with Crippen molar-refractivity contribution in [1.29, 1.82) is 0 Å². The van der Waals surface area contributed by atoms with Crippen molar-refractivity contribution >= 4 is 30.3 Å². The van der Waals surface area contributed by atoms with Gasteiger partial charge in [-0.15, -0.1) is 0 Å². The van der Waals surface area contributed by atoms with Gasteiger partial charge in [-0.3, -0.25) is 9.69 Å². The molecule has 0 atom stereocenters. The van der Waals surface area contributed by atoms with Crippen LogP contribution in [0.15, 0.2) is 24.3 Å². The SMILES string of the molecule is CC(C)(CNC(=O)c1cccc(B(O)O)c1)N1CCSCC1. The van der Waals surface area contributed by atoms with E-state index in [1.54, 1.807) is 18.2 Å². The monoisotopic (exact) mass is 322 g/mol. The molecular weight excluding hydrogens is 299 g/mol. The number of nitrogens with one attached hydrogen (secondary N) is 1. The molecular formula is C15H23BN2O3S. The van der Waals surface area contributed by atoms with Crippen LogP contribution in [0.5, 0.6) is 0 Å². The van der Waals surface area contributed by atoms with Gasteiger partial charge in [0.25, 0.3) is 5.91 Å². The Balaban J connectivity index is 1.95. The van der Waals surface area contributed by atoms with Crippen molar-refractivity contribution in [1.82, 2.24) is 10.2 Å². The fourth-order valence-electron chi connectivity index (χ4n) is 2.52. The zero-order valence-corrected chi connectivity index (χ0v) is 13.9. The highest BCUT2D eigenvalue weighted by molar-refractivity contribution is 7.99. The molecule has 0 radical (unpaired) electrons. The molecule has 1 aliphatic heterocycles. The van der Waals surface area contributed by atoms with Crippen molar-refractivity contribution < 1.29 is 14.8 Å². The largest absolute Gasteiger partial charge is 0.488 e. The predicted octanol–water partition coefficient (Wildman–Crippen LogP) is -0.0764. The summed E-state index contributed by atoms with van der Waals surface area (Å²) in [7, 11) is -1.56. The second-order valence-corrected chi connectivity index (χ2v) is 7.32. The van der Waals surface area contributed by atoms with E-state index in [0.717, 1.165) is 24.6 Å². The van der Waals surface area contributed by atoms with Crippen LogP contribution in [0, 0.1) is 0 Å². The first-order valence-corrected chi connectivity index (χ1v) is 8.63. The molecule has 0 aliphatic carbocycles. The number of benzene rings is 1. The van der Waals surface area contributed by atoms with Crippen LogP contribution >= 0.6 is 11.8 Å². The van der Waals surface area contributed by atoms with Gasteiger partial charge in [0.2, 0.25) is 0 Å². The first-order chi connectivity index (χ1) is 10.4. The molecule has 1 saturated heterocycles. The summed E-state index contributed by atoms with van der Waals surface area (Å²) < 4.78 is 0. The molecule has 0 aromatic heterocycles. The third kappa shape index (κ3) is 4.49. The number of hydrogen-bond acceptors (Lipinski definition) is 5. The Labute approximate surface area is 136 Å². The van der Waals surface area contributed by atoms with Crippen molar-refractivity contribution in [2.24, 2.45) is 0 Å². The molecule has 120 valence electrons. The van der Waals surface area contributed by atoms with E-state index in [2.05, 4.69) is 24.1 Å². The molecule has 1 heterocycles. The molecule has 1 aromatic rings. The highest BCUT2D eigenvalue weighted by Crippen LogP contribution is 2.19. The summed E-state index contributed by atoms with van der Waals surface area (Å²) in [5, 5.41) is 21.3. The first-order valence-electron chi connectivity index (χ1n) is 7.47. The molecule has 22 heavy (non-hydrogen) atoms. The molecule has 0 unspecified atom stereocenters. The third-order valence-corrected chi connectivity index (χ3v) is 4.94. The minimum atomic E-state index is -1.56. The molecule has 0 saturated carbocycles. The van der Waals surface area contributed by atoms with Gasteiger partial charge >= 0.3 is 7.12 Å². The molecule has 1 aliphatic rings. The maximum absolute atomic E-state index is 12.3. The van der Waals surface area contributed by atoms with Crippen LogP contribution in [0.4, 0.5) is 0 Å². The third-order valence-electron chi connectivity index (χ3n) is 4.00. The number of nitrogens with zero attached hydrogens (tertiary/aromatic N) is 1. The Hall–Kier alpha value is -1.02. The van der Waals surface area contributed by atoms with Crippen LogP contribution < -0.4 is 10.8 Å². The van der Waals surface area contributed by atoms with Crippen LogP contribution in [0.3, 0.4) is 0 Å². The fourth-order valence-corrected chi connectivity index (χ4v) is 3.42. The summed E-state index contributed by atoms with van der Waals surface area (Å²) >= 11 is 1.96. The van der Waals surface area contributed by atoms with Gasteiger partial charge < -0.3 is 15.4 Å². The van der Waals surface area contributed by atoms with E-state index in [-0.39, 0.29) is 11.4 Å². The smallest absolute Gasteiger partial charge is 0.423 e. The van der Waals surface area contributed by atoms with Gasteiger partial charge in [0.15, 0.2) is 0 Å². The number of carbonyl (C=O) groups excluding carboxylic acids is 1. The second kappa shape index (κ2) is 7.50. The van der Waals surface area contributed by atoms with Crippen LogP contribution in [0.1, 0.15) is 24.2 Å². The van der Waals surface area contributed by atoms with Gasteiger partial charge in [-0.2, -0.15) is 11.8 Å².